The number of β-amino-alcohol motifs (C(OH)–C–C–N with tert-alkyl or cyclic N) is 1. The number of benzene rings is 1. The summed E-state index contributed by atoms with van der Waals surface area (Å²) in [6.07, 6.45) is 1.35. The second kappa shape index (κ2) is 7.11. The van der Waals surface area contributed by atoms with Gasteiger partial charge in [-0.3, -0.25) is 9.69 Å². The Labute approximate surface area is 129 Å². The van der Waals surface area contributed by atoms with Crippen LogP contribution in [0.3, 0.4) is 0 Å². The minimum Gasteiger partial charge on any atom is -0.495 e. The molecule has 116 valence electrons. The third-order valence-electron chi connectivity index (χ3n) is 3.77. The lowest BCUT2D eigenvalue weighted by molar-refractivity contribution is -0.121. The highest BCUT2D eigenvalue weighted by Gasteiger charge is 2.26. The molecule has 2 rings (SSSR count). The SMILES string of the molecule is COc1ccc(Cl)cc1NC(=O)C(C)N1CCCC(O)C1. The van der Waals surface area contributed by atoms with Crippen LogP contribution in [0.1, 0.15) is 19.8 Å². The average molecular weight is 313 g/mol. The zero-order valence-electron chi connectivity index (χ0n) is 12.3. The fraction of sp³-hybridized carbons (Fsp3) is 0.533. The lowest BCUT2D eigenvalue weighted by Crippen LogP contribution is -2.48. The van der Waals surface area contributed by atoms with Crippen LogP contribution in [0.25, 0.3) is 0 Å². The number of amides is 1. The molecule has 0 aliphatic carbocycles. The minimum absolute atomic E-state index is 0.135. The molecule has 1 aliphatic rings. The molecule has 0 aromatic heterocycles. The van der Waals surface area contributed by atoms with E-state index < -0.39 is 0 Å². The summed E-state index contributed by atoms with van der Waals surface area (Å²) in [6.45, 7) is 3.18. The Hall–Kier alpha value is -1.30. The van der Waals surface area contributed by atoms with E-state index in [1.807, 2.05) is 11.8 Å². The van der Waals surface area contributed by atoms with Gasteiger partial charge in [-0.05, 0) is 44.5 Å². The zero-order valence-corrected chi connectivity index (χ0v) is 13.1. The van der Waals surface area contributed by atoms with Gasteiger partial charge in [0.25, 0.3) is 0 Å². The monoisotopic (exact) mass is 312 g/mol. The predicted octanol–water partition coefficient (Wildman–Crippen LogP) is 2.13. The molecule has 2 unspecified atom stereocenters. The molecule has 1 aromatic carbocycles. The number of ether oxygens (including phenoxy) is 1. The van der Waals surface area contributed by atoms with E-state index in [0.29, 0.717) is 23.0 Å². The van der Waals surface area contributed by atoms with Gasteiger partial charge in [-0.15, -0.1) is 0 Å². The highest BCUT2D eigenvalue weighted by Crippen LogP contribution is 2.28. The number of rotatable bonds is 4. The van der Waals surface area contributed by atoms with Crippen molar-refractivity contribution in [3.63, 3.8) is 0 Å². The molecule has 1 aliphatic heterocycles. The largest absolute Gasteiger partial charge is 0.495 e. The molecule has 1 heterocycles. The molecule has 1 aromatic rings. The van der Waals surface area contributed by atoms with Crippen LogP contribution >= 0.6 is 11.6 Å². The topological polar surface area (TPSA) is 61.8 Å². The molecule has 1 amide bonds. The molecular weight excluding hydrogens is 292 g/mol. The lowest BCUT2D eigenvalue weighted by atomic mass is 10.1. The van der Waals surface area contributed by atoms with E-state index in [4.69, 9.17) is 16.3 Å². The van der Waals surface area contributed by atoms with Crippen molar-refractivity contribution in [1.82, 2.24) is 4.90 Å². The Bertz CT molecular complexity index is 510. The van der Waals surface area contributed by atoms with E-state index in [2.05, 4.69) is 5.32 Å². The van der Waals surface area contributed by atoms with E-state index in [0.717, 1.165) is 19.4 Å². The summed E-state index contributed by atoms with van der Waals surface area (Å²) in [7, 11) is 1.54. The number of nitrogens with zero attached hydrogens (tertiary/aromatic N) is 1. The molecule has 0 spiro atoms. The normalized spacial score (nSPS) is 20.9. The number of aliphatic hydroxyl groups is 1. The number of carbonyl (C=O) groups excluding carboxylic acids is 1. The molecule has 2 N–H and O–H groups in total. The van der Waals surface area contributed by atoms with Crippen LogP contribution in [0.5, 0.6) is 5.75 Å². The third kappa shape index (κ3) is 4.09. The van der Waals surface area contributed by atoms with Crippen LogP contribution in [0.15, 0.2) is 18.2 Å². The van der Waals surface area contributed by atoms with Gasteiger partial charge in [-0.1, -0.05) is 11.6 Å². The Balaban J connectivity index is 2.05. The first-order chi connectivity index (χ1) is 10.0. The predicted molar refractivity (Wildman–Crippen MR) is 82.9 cm³/mol. The summed E-state index contributed by atoms with van der Waals surface area (Å²) in [5.41, 5.74) is 0.555. The van der Waals surface area contributed by atoms with Crippen molar-refractivity contribution < 1.29 is 14.6 Å². The Morgan fingerprint density at radius 3 is 3.00 bits per heavy atom. The summed E-state index contributed by atoms with van der Waals surface area (Å²) in [4.78, 5) is 14.4. The number of carbonyl (C=O) groups is 1. The number of hydrogen-bond donors (Lipinski definition) is 2. The first kappa shape index (κ1) is 16.1. The fourth-order valence-electron chi connectivity index (χ4n) is 2.52. The minimum atomic E-state index is -0.352. The molecule has 0 bridgehead atoms. The van der Waals surface area contributed by atoms with Gasteiger partial charge in [0.05, 0.1) is 24.9 Å². The maximum Gasteiger partial charge on any atom is 0.241 e. The second-order valence-corrected chi connectivity index (χ2v) is 5.74. The van der Waals surface area contributed by atoms with E-state index in [1.54, 1.807) is 25.3 Å². The van der Waals surface area contributed by atoms with E-state index in [1.165, 1.54) is 0 Å². The van der Waals surface area contributed by atoms with Crippen molar-refractivity contribution in [3.05, 3.63) is 23.2 Å². The van der Waals surface area contributed by atoms with Crippen LogP contribution in [0, 0.1) is 0 Å². The van der Waals surface area contributed by atoms with E-state index in [9.17, 15) is 9.90 Å². The number of aliphatic hydroxyl groups excluding tert-OH is 1. The summed E-state index contributed by atoms with van der Waals surface area (Å²) in [5, 5.41) is 13.1. The van der Waals surface area contributed by atoms with Gasteiger partial charge in [-0.2, -0.15) is 0 Å². The van der Waals surface area contributed by atoms with Gasteiger partial charge in [0.2, 0.25) is 5.91 Å². The highest BCUT2D eigenvalue weighted by atomic mass is 35.5. The number of piperidine rings is 1. The maximum absolute atomic E-state index is 12.4. The standard InChI is InChI=1S/C15H21ClN2O3/c1-10(18-7-3-4-12(19)9-18)15(20)17-13-8-11(16)5-6-14(13)21-2/h5-6,8,10,12,19H,3-4,7,9H2,1-2H3,(H,17,20). The lowest BCUT2D eigenvalue weighted by Gasteiger charge is -2.34. The highest BCUT2D eigenvalue weighted by molar-refractivity contribution is 6.31. The van der Waals surface area contributed by atoms with Crippen LogP contribution in [-0.4, -0.2) is 48.3 Å². The van der Waals surface area contributed by atoms with E-state index in [-0.39, 0.29) is 18.1 Å². The summed E-state index contributed by atoms with van der Waals surface area (Å²) >= 11 is 5.95. The van der Waals surface area contributed by atoms with Crippen molar-refractivity contribution in [2.24, 2.45) is 0 Å². The van der Waals surface area contributed by atoms with Crippen LogP contribution in [-0.2, 0) is 4.79 Å². The van der Waals surface area contributed by atoms with Crippen molar-refractivity contribution in [2.75, 3.05) is 25.5 Å². The van der Waals surface area contributed by atoms with Crippen molar-refractivity contribution in [2.45, 2.75) is 31.9 Å². The second-order valence-electron chi connectivity index (χ2n) is 5.30. The molecule has 1 saturated heterocycles. The van der Waals surface area contributed by atoms with Crippen molar-refractivity contribution in [1.29, 1.82) is 0 Å². The number of anilines is 1. The number of methoxy groups -OCH3 is 1. The van der Waals surface area contributed by atoms with Gasteiger partial charge < -0.3 is 15.2 Å². The average Bonchev–Trinajstić information content (AvgIpc) is 2.46. The summed E-state index contributed by atoms with van der Waals surface area (Å²) < 4.78 is 5.22. The van der Waals surface area contributed by atoms with Gasteiger partial charge in [0.1, 0.15) is 5.75 Å². The third-order valence-corrected chi connectivity index (χ3v) is 4.01. The quantitative estimate of drug-likeness (QED) is 0.894. The van der Waals surface area contributed by atoms with E-state index >= 15 is 0 Å². The fourth-order valence-corrected chi connectivity index (χ4v) is 2.69. The maximum atomic E-state index is 12.4. The molecule has 6 heteroatoms. The molecule has 0 saturated carbocycles. The molecule has 0 radical (unpaired) electrons. The molecule has 5 nitrogen and oxygen atoms in total. The van der Waals surface area contributed by atoms with Gasteiger partial charge in [0, 0.05) is 11.6 Å². The van der Waals surface area contributed by atoms with Crippen LogP contribution < -0.4 is 10.1 Å². The van der Waals surface area contributed by atoms with Crippen molar-refractivity contribution in [3.8, 4) is 5.75 Å². The van der Waals surface area contributed by atoms with Crippen LogP contribution in [0.2, 0.25) is 5.02 Å². The van der Waals surface area contributed by atoms with Gasteiger partial charge >= 0.3 is 0 Å². The van der Waals surface area contributed by atoms with Gasteiger partial charge in [0.15, 0.2) is 0 Å². The first-order valence-corrected chi connectivity index (χ1v) is 7.45. The van der Waals surface area contributed by atoms with Gasteiger partial charge in [-0.25, -0.2) is 0 Å². The first-order valence-electron chi connectivity index (χ1n) is 7.07. The zero-order chi connectivity index (χ0) is 15.4. The summed E-state index contributed by atoms with van der Waals surface area (Å²) in [5.74, 6) is 0.434. The number of hydrogen-bond acceptors (Lipinski definition) is 4. The molecule has 1 fully saturated rings. The number of likely N-dealkylation sites (tertiary alicyclic amines) is 1. The Morgan fingerprint density at radius 2 is 2.33 bits per heavy atom. The Morgan fingerprint density at radius 1 is 1.57 bits per heavy atom. The number of nitrogens with one attached hydrogen (secondary N) is 1. The Kier molecular flexibility index (Phi) is 5.45. The molecule has 21 heavy (non-hydrogen) atoms. The molecular formula is C15H21ClN2O3. The smallest absolute Gasteiger partial charge is 0.241 e. The summed E-state index contributed by atoms with van der Waals surface area (Å²) in [6, 6.07) is 4.77. The van der Waals surface area contributed by atoms with Crippen LogP contribution in [0.4, 0.5) is 5.69 Å². The molecule has 2 atom stereocenters. The number of halogens is 1. The van der Waals surface area contributed by atoms with Crippen molar-refractivity contribution >= 4 is 23.2 Å².